The SMILES string of the molecule is CCN(C(=O)C1CC(=O)N(C)C1)C(C)CC(=O)O. The summed E-state index contributed by atoms with van der Waals surface area (Å²) in [5.74, 6) is -1.41. The van der Waals surface area contributed by atoms with E-state index in [1.54, 1.807) is 18.9 Å². The molecule has 1 heterocycles. The second-order valence-electron chi connectivity index (χ2n) is 4.75. The third-order valence-corrected chi connectivity index (χ3v) is 3.32. The van der Waals surface area contributed by atoms with Gasteiger partial charge in [0.1, 0.15) is 0 Å². The molecule has 102 valence electrons. The lowest BCUT2D eigenvalue weighted by Gasteiger charge is -2.29. The number of hydrogen-bond donors (Lipinski definition) is 1. The van der Waals surface area contributed by atoms with Crippen LogP contribution in [-0.4, -0.2) is 58.9 Å². The zero-order valence-electron chi connectivity index (χ0n) is 11.0. The fourth-order valence-electron chi connectivity index (χ4n) is 2.31. The second kappa shape index (κ2) is 5.84. The number of rotatable bonds is 5. The monoisotopic (exact) mass is 256 g/mol. The van der Waals surface area contributed by atoms with Crippen molar-refractivity contribution in [2.45, 2.75) is 32.7 Å². The Morgan fingerprint density at radius 2 is 2.17 bits per heavy atom. The number of carbonyl (C=O) groups is 3. The number of likely N-dealkylation sites (tertiary alicyclic amines) is 1. The molecule has 6 nitrogen and oxygen atoms in total. The molecular formula is C12H20N2O4. The molecule has 0 aromatic heterocycles. The third kappa shape index (κ3) is 3.21. The van der Waals surface area contributed by atoms with Gasteiger partial charge in [-0.25, -0.2) is 0 Å². The van der Waals surface area contributed by atoms with Crippen molar-refractivity contribution >= 4 is 17.8 Å². The predicted octanol–water partition coefficient (Wildman–Crippen LogP) is 0.176. The van der Waals surface area contributed by atoms with Crippen LogP contribution in [0.4, 0.5) is 0 Å². The van der Waals surface area contributed by atoms with E-state index in [9.17, 15) is 14.4 Å². The topological polar surface area (TPSA) is 77.9 Å². The largest absolute Gasteiger partial charge is 0.481 e. The molecule has 1 aliphatic rings. The van der Waals surface area contributed by atoms with Crippen molar-refractivity contribution in [2.75, 3.05) is 20.1 Å². The van der Waals surface area contributed by atoms with Crippen molar-refractivity contribution in [3.05, 3.63) is 0 Å². The molecule has 1 rings (SSSR count). The van der Waals surface area contributed by atoms with Crippen molar-refractivity contribution in [1.82, 2.24) is 9.80 Å². The molecule has 2 atom stereocenters. The van der Waals surface area contributed by atoms with E-state index in [1.165, 1.54) is 4.90 Å². The van der Waals surface area contributed by atoms with Crippen LogP contribution in [0.1, 0.15) is 26.7 Å². The minimum absolute atomic E-state index is 0.0321. The van der Waals surface area contributed by atoms with Crippen molar-refractivity contribution < 1.29 is 19.5 Å². The Bertz CT molecular complexity index is 356. The molecule has 0 aromatic rings. The van der Waals surface area contributed by atoms with Gasteiger partial charge in [0.2, 0.25) is 11.8 Å². The van der Waals surface area contributed by atoms with E-state index in [-0.39, 0.29) is 36.6 Å². The molecule has 2 unspecified atom stereocenters. The summed E-state index contributed by atoms with van der Waals surface area (Å²) in [4.78, 5) is 37.4. The minimum atomic E-state index is -0.923. The van der Waals surface area contributed by atoms with Gasteiger partial charge in [0.15, 0.2) is 0 Å². The minimum Gasteiger partial charge on any atom is -0.481 e. The third-order valence-electron chi connectivity index (χ3n) is 3.32. The van der Waals surface area contributed by atoms with Crippen LogP contribution in [0, 0.1) is 5.92 Å². The van der Waals surface area contributed by atoms with Crippen LogP contribution in [0.3, 0.4) is 0 Å². The van der Waals surface area contributed by atoms with Crippen molar-refractivity contribution in [3.8, 4) is 0 Å². The lowest BCUT2D eigenvalue weighted by Crippen LogP contribution is -2.43. The van der Waals surface area contributed by atoms with Crippen LogP contribution in [0.25, 0.3) is 0 Å². The zero-order chi connectivity index (χ0) is 13.9. The van der Waals surface area contributed by atoms with Crippen LogP contribution in [-0.2, 0) is 14.4 Å². The van der Waals surface area contributed by atoms with Gasteiger partial charge in [-0.15, -0.1) is 0 Å². The van der Waals surface area contributed by atoms with Crippen LogP contribution < -0.4 is 0 Å². The number of nitrogens with zero attached hydrogens (tertiary/aromatic N) is 2. The van der Waals surface area contributed by atoms with E-state index in [0.29, 0.717) is 13.1 Å². The molecule has 0 saturated carbocycles. The average molecular weight is 256 g/mol. The normalized spacial score (nSPS) is 20.9. The molecule has 0 aliphatic carbocycles. The second-order valence-corrected chi connectivity index (χ2v) is 4.75. The van der Waals surface area contributed by atoms with Crippen molar-refractivity contribution in [2.24, 2.45) is 5.92 Å². The van der Waals surface area contributed by atoms with Crippen LogP contribution in [0.5, 0.6) is 0 Å². The first-order chi connectivity index (χ1) is 8.36. The number of amides is 2. The summed E-state index contributed by atoms with van der Waals surface area (Å²) >= 11 is 0. The Balaban J connectivity index is 2.68. The van der Waals surface area contributed by atoms with E-state index in [4.69, 9.17) is 5.11 Å². The van der Waals surface area contributed by atoms with E-state index < -0.39 is 5.97 Å². The Labute approximate surface area is 107 Å². The van der Waals surface area contributed by atoms with Crippen LogP contribution >= 0.6 is 0 Å². The number of hydrogen-bond acceptors (Lipinski definition) is 3. The van der Waals surface area contributed by atoms with Gasteiger partial charge < -0.3 is 14.9 Å². The molecule has 0 aromatic carbocycles. The Kier molecular flexibility index (Phi) is 4.69. The summed E-state index contributed by atoms with van der Waals surface area (Å²) < 4.78 is 0. The van der Waals surface area contributed by atoms with Gasteiger partial charge in [-0.05, 0) is 13.8 Å². The van der Waals surface area contributed by atoms with E-state index in [0.717, 1.165) is 0 Å². The highest BCUT2D eigenvalue weighted by molar-refractivity contribution is 5.89. The van der Waals surface area contributed by atoms with Gasteiger partial charge in [0, 0.05) is 32.6 Å². The molecule has 0 radical (unpaired) electrons. The van der Waals surface area contributed by atoms with E-state index in [1.807, 2.05) is 6.92 Å². The molecular weight excluding hydrogens is 236 g/mol. The number of carbonyl (C=O) groups excluding carboxylic acids is 2. The summed E-state index contributed by atoms with van der Waals surface area (Å²) in [7, 11) is 1.67. The fraction of sp³-hybridized carbons (Fsp3) is 0.750. The maximum Gasteiger partial charge on any atom is 0.305 e. The molecule has 18 heavy (non-hydrogen) atoms. The van der Waals surface area contributed by atoms with Gasteiger partial charge >= 0.3 is 5.97 Å². The predicted molar refractivity (Wildman–Crippen MR) is 64.8 cm³/mol. The fourth-order valence-corrected chi connectivity index (χ4v) is 2.31. The standard InChI is InChI=1S/C12H20N2O4/c1-4-14(8(2)5-11(16)17)12(18)9-6-10(15)13(3)7-9/h8-9H,4-7H2,1-3H3,(H,16,17). The summed E-state index contributed by atoms with van der Waals surface area (Å²) in [6.45, 7) is 4.42. The maximum absolute atomic E-state index is 12.2. The molecule has 1 aliphatic heterocycles. The summed E-state index contributed by atoms with van der Waals surface area (Å²) in [6.07, 6.45) is 0.154. The highest BCUT2D eigenvalue weighted by Crippen LogP contribution is 2.20. The van der Waals surface area contributed by atoms with Gasteiger partial charge in [-0.3, -0.25) is 14.4 Å². The highest BCUT2D eigenvalue weighted by Gasteiger charge is 2.35. The molecule has 1 saturated heterocycles. The first kappa shape index (κ1) is 14.5. The zero-order valence-corrected chi connectivity index (χ0v) is 11.0. The summed E-state index contributed by atoms with van der Waals surface area (Å²) in [5.41, 5.74) is 0. The Morgan fingerprint density at radius 1 is 1.56 bits per heavy atom. The summed E-state index contributed by atoms with van der Waals surface area (Å²) in [5, 5.41) is 8.76. The first-order valence-electron chi connectivity index (χ1n) is 6.13. The Hall–Kier alpha value is -1.59. The molecule has 1 fully saturated rings. The first-order valence-corrected chi connectivity index (χ1v) is 6.13. The van der Waals surface area contributed by atoms with Crippen molar-refractivity contribution in [3.63, 3.8) is 0 Å². The van der Waals surface area contributed by atoms with Crippen LogP contribution in [0.2, 0.25) is 0 Å². The van der Waals surface area contributed by atoms with E-state index >= 15 is 0 Å². The average Bonchev–Trinajstić information content (AvgIpc) is 2.59. The maximum atomic E-state index is 12.2. The smallest absolute Gasteiger partial charge is 0.305 e. The number of carboxylic acids is 1. The molecule has 2 amide bonds. The van der Waals surface area contributed by atoms with Gasteiger partial charge in [0.25, 0.3) is 0 Å². The summed E-state index contributed by atoms with van der Waals surface area (Å²) in [6, 6.07) is -0.346. The van der Waals surface area contributed by atoms with Gasteiger partial charge in [0.05, 0.1) is 12.3 Å². The molecule has 1 N–H and O–H groups in total. The number of aliphatic carboxylic acids is 1. The molecule has 0 bridgehead atoms. The van der Waals surface area contributed by atoms with Crippen LogP contribution in [0.15, 0.2) is 0 Å². The quantitative estimate of drug-likeness (QED) is 0.761. The lowest BCUT2D eigenvalue weighted by atomic mass is 10.1. The highest BCUT2D eigenvalue weighted by atomic mass is 16.4. The van der Waals surface area contributed by atoms with Gasteiger partial charge in [-0.1, -0.05) is 0 Å². The van der Waals surface area contributed by atoms with Crippen molar-refractivity contribution in [1.29, 1.82) is 0 Å². The number of carboxylic acid groups (broad SMARTS) is 1. The Morgan fingerprint density at radius 3 is 2.56 bits per heavy atom. The molecule has 0 spiro atoms. The van der Waals surface area contributed by atoms with E-state index in [2.05, 4.69) is 0 Å². The lowest BCUT2D eigenvalue weighted by molar-refractivity contribution is -0.142. The molecule has 6 heteroatoms. The van der Waals surface area contributed by atoms with Gasteiger partial charge in [-0.2, -0.15) is 0 Å².